The maximum Gasteiger partial charge on any atom is 0.252 e. The van der Waals surface area contributed by atoms with Crippen LogP contribution in [0, 0.1) is 0 Å². The normalized spacial score (nSPS) is 16.8. The molecular formula is C16H14ClNO2. The number of carbonyl (C=O) groups excluding carboxylic acids is 1. The molecule has 2 aromatic rings. The van der Waals surface area contributed by atoms with E-state index in [2.05, 4.69) is 12.1 Å². The molecule has 1 atom stereocenters. The molecule has 0 aliphatic heterocycles. The van der Waals surface area contributed by atoms with Crippen molar-refractivity contribution >= 4 is 17.5 Å². The Labute approximate surface area is 122 Å². The van der Waals surface area contributed by atoms with E-state index < -0.39 is 5.91 Å². The Morgan fingerprint density at radius 1 is 1.25 bits per heavy atom. The van der Waals surface area contributed by atoms with Gasteiger partial charge in [0.25, 0.3) is 5.91 Å². The van der Waals surface area contributed by atoms with Crippen molar-refractivity contribution in [1.82, 2.24) is 0 Å². The zero-order valence-corrected chi connectivity index (χ0v) is 11.6. The average Bonchev–Trinajstić information content (AvgIpc) is 2.84. The first-order valence-electron chi connectivity index (χ1n) is 6.49. The van der Waals surface area contributed by atoms with Crippen molar-refractivity contribution in [2.75, 3.05) is 0 Å². The number of nitrogens with two attached hydrogens (primary N) is 1. The van der Waals surface area contributed by atoms with Gasteiger partial charge in [0.1, 0.15) is 11.9 Å². The minimum absolute atomic E-state index is 0.0366. The summed E-state index contributed by atoms with van der Waals surface area (Å²) >= 11 is 5.90. The molecule has 1 unspecified atom stereocenters. The van der Waals surface area contributed by atoms with Crippen molar-refractivity contribution in [3.8, 4) is 5.75 Å². The summed E-state index contributed by atoms with van der Waals surface area (Å²) in [6.07, 6.45) is 1.85. The fourth-order valence-corrected chi connectivity index (χ4v) is 2.76. The fourth-order valence-electron chi connectivity index (χ4n) is 2.59. The second-order valence-electron chi connectivity index (χ2n) is 4.85. The number of benzene rings is 2. The van der Waals surface area contributed by atoms with Crippen molar-refractivity contribution in [3.63, 3.8) is 0 Å². The summed E-state index contributed by atoms with van der Waals surface area (Å²) in [4.78, 5) is 11.5. The van der Waals surface area contributed by atoms with Gasteiger partial charge in [-0.15, -0.1) is 0 Å². The summed E-state index contributed by atoms with van der Waals surface area (Å²) in [5.41, 5.74) is 8.17. The number of hydrogen-bond donors (Lipinski definition) is 1. The third kappa shape index (κ3) is 2.37. The molecule has 0 saturated carbocycles. The van der Waals surface area contributed by atoms with E-state index >= 15 is 0 Å². The molecule has 0 spiro atoms. The predicted molar refractivity (Wildman–Crippen MR) is 78.1 cm³/mol. The van der Waals surface area contributed by atoms with E-state index in [1.165, 1.54) is 11.1 Å². The highest BCUT2D eigenvalue weighted by molar-refractivity contribution is 6.31. The van der Waals surface area contributed by atoms with Crippen LogP contribution in [0.4, 0.5) is 0 Å². The van der Waals surface area contributed by atoms with Crippen molar-refractivity contribution in [3.05, 3.63) is 64.2 Å². The third-order valence-corrected chi connectivity index (χ3v) is 3.79. The molecule has 1 aliphatic carbocycles. The van der Waals surface area contributed by atoms with E-state index in [9.17, 15) is 4.79 Å². The minimum atomic E-state index is -0.534. The van der Waals surface area contributed by atoms with Crippen molar-refractivity contribution in [1.29, 1.82) is 0 Å². The Morgan fingerprint density at radius 3 is 2.85 bits per heavy atom. The zero-order chi connectivity index (χ0) is 14.1. The molecule has 0 fully saturated rings. The summed E-state index contributed by atoms with van der Waals surface area (Å²) < 4.78 is 5.99. The van der Waals surface area contributed by atoms with Gasteiger partial charge < -0.3 is 10.5 Å². The van der Waals surface area contributed by atoms with Crippen LogP contribution in [0.5, 0.6) is 5.75 Å². The molecule has 0 heterocycles. The second-order valence-corrected chi connectivity index (χ2v) is 5.29. The molecule has 0 bridgehead atoms. The summed E-state index contributed by atoms with van der Waals surface area (Å²) in [7, 11) is 0. The molecule has 3 rings (SSSR count). The predicted octanol–water partition coefficient (Wildman–Crippen LogP) is 3.51. The molecule has 1 aliphatic rings. The number of halogens is 1. The van der Waals surface area contributed by atoms with Crippen LogP contribution in [0.3, 0.4) is 0 Å². The molecule has 1 amide bonds. The van der Waals surface area contributed by atoms with E-state index in [0.29, 0.717) is 16.3 Å². The molecule has 2 N–H and O–H groups in total. The number of hydrogen-bond acceptors (Lipinski definition) is 2. The Balaban J connectivity index is 1.92. The van der Waals surface area contributed by atoms with Crippen LogP contribution in [-0.2, 0) is 6.42 Å². The maximum absolute atomic E-state index is 11.5. The smallest absolute Gasteiger partial charge is 0.252 e. The second kappa shape index (κ2) is 5.17. The maximum atomic E-state index is 11.5. The molecule has 0 aromatic heterocycles. The molecular weight excluding hydrogens is 274 g/mol. The molecule has 3 nitrogen and oxygen atoms in total. The Hall–Kier alpha value is -2.00. The van der Waals surface area contributed by atoms with Gasteiger partial charge in [0.2, 0.25) is 0 Å². The van der Waals surface area contributed by atoms with Crippen molar-refractivity contribution in [2.45, 2.75) is 18.9 Å². The average molecular weight is 288 g/mol. The summed E-state index contributed by atoms with van der Waals surface area (Å²) in [5, 5.41) is 0.470. The van der Waals surface area contributed by atoms with Gasteiger partial charge in [-0.2, -0.15) is 0 Å². The van der Waals surface area contributed by atoms with Gasteiger partial charge in [-0.25, -0.2) is 0 Å². The van der Waals surface area contributed by atoms with E-state index in [1.807, 2.05) is 12.1 Å². The van der Waals surface area contributed by atoms with Gasteiger partial charge in [0.15, 0.2) is 0 Å². The third-order valence-electron chi connectivity index (χ3n) is 3.55. The quantitative estimate of drug-likeness (QED) is 0.939. The van der Waals surface area contributed by atoms with Gasteiger partial charge >= 0.3 is 0 Å². The number of rotatable bonds is 3. The van der Waals surface area contributed by atoms with Crippen LogP contribution >= 0.6 is 11.6 Å². The monoisotopic (exact) mass is 287 g/mol. The highest BCUT2D eigenvalue weighted by atomic mass is 35.5. The molecule has 20 heavy (non-hydrogen) atoms. The lowest BCUT2D eigenvalue weighted by Crippen LogP contribution is -2.14. The van der Waals surface area contributed by atoms with Crippen LogP contribution < -0.4 is 10.5 Å². The number of ether oxygens (including phenoxy) is 1. The zero-order valence-electron chi connectivity index (χ0n) is 10.8. The number of aryl methyl sites for hydroxylation is 1. The summed E-state index contributed by atoms with van der Waals surface area (Å²) in [6.45, 7) is 0. The first-order valence-corrected chi connectivity index (χ1v) is 6.87. The van der Waals surface area contributed by atoms with Crippen LogP contribution in [0.15, 0.2) is 42.5 Å². The van der Waals surface area contributed by atoms with Gasteiger partial charge in [-0.05, 0) is 42.2 Å². The lowest BCUT2D eigenvalue weighted by Gasteiger charge is -2.17. The van der Waals surface area contributed by atoms with Gasteiger partial charge in [-0.3, -0.25) is 4.79 Å². The summed E-state index contributed by atoms with van der Waals surface area (Å²) in [5.74, 6) is -0.0441. The lowest BCUT2D eigenvalue weighted by molar-refractivity contribution is 0.0992. The number of carbonyl (C=O) groups is 1. The van der Waals surface area contributed by atoms with Crippen LogP contribution in [0.1, 0.15) is 34.0 Å². The fraction of sp³-hybridized carbons (Fsp3) is 0.188. The number of fused-ring (bicyclic) bond motifs is 1. The van der Waals surface area contributed by atoms with Gasteiger partial charge in [0.05, 0.1) is 5.56 Å². The standard InChI is InChI=1S/C16H14ClNO2/c17-11-6-8-15(13(9-11)16(18)19)20-14-7-5-10-3-1-2-4-12(10)14/h1-4,6,8-9,14H,5,7H2,(H2,18,19). The molecule has 4 heteroatoms. The highest BCUT2D eigenvalue weighted by Crippen LogP contribution is 2.36. The van der Waals surface area contributed by atoms with E-state index in [0.717, 1.165) is 12.8 Å². The summed E-state index contributed by atoms with van der Waals surface area (Å²) in [6, 6.07) is 13.1. The van der Waals surface area contributed by atoms with Crippen LogP contribution in [0.25, 0.3) is 0 Å². The minimum Gasteiger partial charge on any atom is -0.485 e. The first kappa shape index (κ1) is 13.0. The Morgan fingerprint density at radius 2 is 2.05 bits per heavy atom. The molecule has 102 valence electrons. The number of primary amides is 1. The Kier molecular flexibility index (Phi) is 3.36. The highest BCUT2D eigenvalue weighted by Gasteiger charge is 2.24. The van der Waals surface area contributed by atoms with E-state index in [-0.39, 0.29) is 6.10 Å². The molecule has 2 aromatic carbocycles. The first-order chi connectivity index (χ1) is 9.65. The molecule has 0 radical (unpaired) electrons. The van der Waals surface area contributed by atoms with Gasteiger partial charge in [0, 0.05) is 5.02 Å². The van der Waals surface area contributed by atoms with Crippen molar-refractivity contribution in [2.24, 2.45) is 5.73 Å². The van der Waals surface area contributed by atoms with E-state index in [4.69, 9.17) is 22.1 Å². The largest absolute Gasteiger partial charge is 0.485 e. The SMILES string of the molecule is NC(=O)c1cc(Cl)ccc1OC1CCc2ccccc21. The lowest BCUT2D eigenvalue weighted by atomic mass is 10.1. The topological polar surface area (TPSA) is 52.3 Å². The van der Waals surface area contributed by atoms with Crippen LogP contribution in [0.2, 0.25) is 5.02 Å². The number of amides is 1. The van der Waals surface area contributed by atoms with Crippen molar-refractivity contribution < 1.29 is 9.53 Å². The van der Waals surface area contributed by atoms with Gasteiger partial charge in [-0.1, -0.05) is 35.9 Å². The Bertz CT molecular complexity index is 669. The molecule has 0 saturated heterocycles. The van der Waals surface area contributed by atoms with E-state index in [1.54, 1.807) is 18.2 Å². The van der Waals surface area contributed by atoms with Crippen LogP contribution in [-0.4, -0.2) is 5.91 Å².